The molecule has 0 amide bonds. The van der Waals surface area contributed by atoms with E-state index in [1.165, 1.54) is 0 Å². The SMILES string of the molecule is C[C@]12O[C@H]1C(=O)[C@H]1[C@@H]2[C@@H]2C=C[C@H]1O2. The lowest BCUT2D eigenvalue weighted by Gasteiger charge is -2.21. The van der Waals surface area contributed by atoms with Crippen LogP contribution in [0.5, 0.6) is 0 Å². The topological polar surface area (TPSA) is 38.8 Å². The molecule has 0 unspecified atom stereocenters. The minimum atomic E-state index is -0.189. The van der Waals surface area contributed by atoms with Crippen LogP contribution in [0.4, 0.5) is 0 Å². The standard InChI is InChI=1S/C10H10O3/c1-10-7-5-3-2-4(12-5)6(7)8(11)9(10)13-10/h2-7,9H,1H3/t4-,5+,6-,7+,9+,10-/m1/s1. The van der Waals surface area contributed by atoms with E-state index in [1.54, 1.807) is 0 Å². The summed E-state index contributed by atoms with van der Waals surface area (Å²) < 4.78 is 11.1. The molecule has 6 atom stereocenters. The average molecular weight is 178 g/mol. The summed E-state index contributed by atoms with van der Waals surface area (Å²) in [5, 5.41) is 0. The van der Waals surface area contributed by atoms with E-state index in [9.17, 15) is 4.79 Å². The molecule has 0 spiro atoms. The van der Waals surface area contributed by atoms with Crippen molar-refractivity contribution >= 4 is 5.78 Å². The highest BCUT2D eigenvalue weighted by Crippen LogP contribution is 2.61. The minimum absolute atomic E-state index is 0.0516. The first-order chi connectivity index (χ1) is 6.22. The van der Waals surface area contributed by atoms with Crippen molar-refractivity contribution in [2.75, 3.05) is 0 Å². The number of hydrogen-bond acceptors (Lipinski definition) is 3. The highest BCUT2D eigenvalue weighted by Gasteiger charge is 2.76. The van der Waals surface area contributed by atoms with Crippen LogP contribution in [0.3, 0.4) is 0 Å². The normalized spacial score (nSPS) is 65.6. The van der Waals surface area contributed by atoms with Crippen LogP contribution in [0, 0.1) is 11.8 Å². The van der Waals surface area contributed by atoms with Crippen molar-refractivity contribution in [2.24, 2.45) is 11.8 Å². The molecular formula is C10H10O3. The Morgan fingerprint density at radius 1 is 1.38 bits per heavy atom. The van der Waals surface area contributed by atoms with Gasteiger partial charge in [0.15, 0.2) is 5.78 Å². The van der Waals surface area contributed by atoms with Crippen LogP contribution in [0.1, 0.15) is 6.92 Å². The molecule has 3 fully saturated rings. The Morgan fingerprint density at radius 3 is 2.92 bits per heavy atom. The van der Waals surface area contributed by atoms with Gasteiger partial charge in [-0.05, 0) is 6.92 Å². The number of fused-ring (bicyclic) bond motifs is 7. The fourth-order valence-corrected chi connectivity index (χ4v) is 3.32. The number of rotatable bonds is 0. The number of carbonyl (C=O) groups is 1. The lowest BCUT2D eigenvalue weighted by molar-refractivity contribution is -0.125. The second-order valence-electron chi connectivity index (χ2n) is 4.59. The van der Waals surface area contributed by atoms with Crippen molar-refractivity contribution in [2.45, 2.75) is 30.8 Å². The molecule has 3 nitrogen and oxygen atoms in total. The number of Topliss-reactive ketones (excluding diaryl/α,β-unsaturated/α-hetero) is 1. The fourth-order valence-electron chi connectivity index (χ4n) is 3.32. The van der Waals surface area contributed by atoms with Crippen molar-refractivity contribution in [3.05, 3.63) is 12.2 Å². The van der Waals surface area contributed by atoms with Crippen LogP contribution in [-0.4, -0.2) is 29.7 Å². The van der Waals surface area contributed by atoms with Gasteiger partial charge in [-0.2, -0.15) is 0 Å². The summed E-state index contributed by atoms with van der Waals surface area (Å²) >= 11 is 0. The number of ether oxygens (including phenoxy) is 2. The van der Waals surface area contributed by atoms with Crippen LogP contribution in [0.2, 0.25) is 0 Å². The molecule has 3 heterocycles. The quantitative estimate of drug-likeness (QED) is 0.395. The van der Waals surface area contributed by atoms with Gasteiger partial charge in [-0.25, -0.2) is 0 Å². The molecule has 3 heteroatoms. The molecule has 0 aromatic carbocycles. The van der Waals surface area contributed by atoms with Crippen LogP contribution >= 0.6 is 0 Å². The van der Waals surface area contributed by atoms with Gasteiger partial charge in [-0.1, -0.05) is 12.2 Å². The third-order valence-corrected chi connectivity index (χ3v) is 3.98. The van der Waals surface area contributed by atoms with Gasteiger partial charge in [-0.15, -0.1) is 0 Å². The van der Waals surface area contributed by atoms with Crippen molar-refractivity contribution in [3.8, 4) is 0 Å². The molecule has 4 aliphatic rings. The van der Waals surface area contributed by atoms with E-state index in [1.807, 2.05) is 13.0 Å². The van der Waals surface area contributed by atoms with E-state index in [0.717, 1.165) is 0 Å². The van der Waals surface area contributed by atoms with E-state index in [2.05, 4.69) is 6.08 Å². The zero-order valence-electron chi connectivity index (χ0n) is 7.27. The number of epoxide rings is 1. The predicted molar refractivity (Wildman–Crippen MR) is 43.1 cm³/mol. The Morgan fingerprint density at radius 2 is 2.15 bits per heavy atom. The first kappa shape index (κ1) is 6.74. The first-order valence-corrected chi connectivity index (χ1v) is 4.77. The van der Waals surface area contributed by atoms with Gasteiger partial charge < -0.3 is 9.47 Å². The second-order valence-corrected chi connectivity index (χ2v) is 4.59. The Bertz CT molecular complexity index is 348. The van der Waals surface area contributed by atoms with E-state index in [0.29, 0.717) is 5.92 Å². The summed E-state index contributed by atoms with van der Waals surface area (Å²) in [5.74, 6) is 0.656. The van der Waals surface area contributed by atoms with Gasteiger partial charge in [0.1, 0.15) is 11.7 Å². The lowest BCUT2D eigenvalue weighted by atomic mass is 9.81. The largest absolute Gasteiger partial charge is 0.366 e. The average Bonchev–Trinajstić information content (AvgIpc) is 2.55. The minimum Gasteiger partial charge on any atom is -0.366 e. The van der Waals surface area contributed by atoms with Gasteiger partial charge in [0.25, 0.3) is 0 Å². The molecule has 0 N–H and O–H groups in total. The van der Waals surface area contributed by atoms with Crippen LogP contribution < -0.4 is 0 Å². The van der Waals surface area contributed by atoms with Crippen LogP contribution in [0.15, 0.2) is 12.2 Å². The summed E-state index contributed by atoms with van der Waals surface area (Å²) in [6, 6.07) is 0. The molecule has 13 heavy (non-hydrogen) atoms. The summed E-state index contributed by atoms with van der Waals surface area (Å²) in [5.41, 5.74) is -0.189. The van der Waals surface area contributed by atoms with E-state index in [-0.39, 0.29) is 35.6 Å². The maximum Gasteiger partial charge on any atom is 0.171 e. The molecule has 68 valence electrons. The van der Waals surface area contributed by atoms with Gasteiger partial charge in [0, 0.05) is 5.92 Å². The summed E-state index contributed by atoms with van der Waals surface area (Å²) in [7, 11) is 0. The first-order valence-electron chi connectivity index (χ1n) is 4.77. The van der Waals surface area contributed by atoms with E-state index in [4.69, 9.17) is 9.47 Å². The maximum atomic E-state index is 11.8. The van der Waals surface area contributed by atoms with Gasteiger partial charge in [0.05, 0.1) is 18.1 Å². The molecule has 1 aliphatic carbocycles. The molecule has 3 aliphatic heterocycles. The number of ketones is 1. The smallest absolute Gasteiger partial charge is 0.171 e. The van der Waals surface area contributed by atoms with Gasteiger partial charge in [-0.3, -0.25) is 4.79 Å². The summed E-state index contributed by atoms with van der Waals surface area (Å²) in [6.07, 6.45) is 4.18. The van der Waals surface area contributed by atoms with E-state index >= 15 is 0 Å². The van der Waals surface area contributed by atoms with Crippen molar-refractivity contribution in [3.63, 3.8) is 0 Å². The molecule has 0 radical (unpaired) electrons. The highest BCUT2D eigenvalue weighted by molar-refractivity contribution is 5.94. The Balaban J connectivity index is 1.88. The fraction of sp³-hybridized carbons (Fsp3) is 0.700. The third kappa shape index (κ3) is 0.525. The molecule has 0 aromatic heterocycles. The molecular weight excluding hydrogens is 168 g/mol. The molecule has 2 bridgehead atoms. The molecule has 1 saturated carbocycles. The lowest BCUT2D eigenvalue weighted by Crippen LogP contribution is -2.32. The highest BCUT2D eigenvalue weighted by atomic mass is 16.6. The number of carbonyl (C=O) groups excluding carboxylic acids is 1. The van der Waals surface area contributed by atoms with E-state index < -0.39 is 0 Å². The molecule has 2 saturated heterocycles. The maximum absolute atomic E-state index is 11.8. The van der Waals surface area contributed by atoms with Crippen molar-refractivity contribution in [1.29, 1.82) is 0 Å². The van der Waals surface area contributed by atoms with Gasteiger partial charge >= 0.3 is 0 Å². The summed E-state index contributed by atoms with van der Waals surface area (Å²) in [6.45, 7) is 2.04. The summed E-state index contributed by atoms with van der Waals surface area (Å²) in [4.78, 5) is 11.8. The Labute approximate surface area is 75.7 Å². The van der Waals surface area contributed by atoms with Crippen LogP contribution in [-0.2, 0) is 14.3 Å². The van der Waals surface area contributed by atoms with Crippen molar-refractivity contribution in [1.82, 2.24) is 0 Å². The monoisotopic (exact) mass is 178 g/mol. The van der Waals surface area contributed by atoms with Crippen LogP contribution in [0.25, 0.3) is 0 Å². The Kier molecular flexibility index (Phi) is 0.839. The Hall–Kier alpha value is -0.670. The molecule has 0 aromatic rings. The van der Waals surface area contributed by atoms with Gasteiger partial charge in [0.2, 0.25) is 0 Å². The third-order valence-electron chi connectivity index (χ3n) is 3.98. The predicted octanol–water partition coefficient (Wildman–Crippen LogP) is 0.296. The molecule has 4 rings (SSSR count). The number of hydrogen-bond donors (Lipinski definition) is 0. The zero-order chi connectivity index (χ0) is 8.79. The zero-order valence-corrected chi connectivity index (χ0v) is 7.27. The van der Waals surface area contributed by atoms with Crippen molar-refractivity contribution < 1.29 is 14.3 Å². The second kappa shape index (κ2) is 1.62.